The summed E-state index contributed by atoms with van der Waals surface area (Å²) in [5, 5.41) is 0. The van der Waals surface area contributed by atoms with E-state index in [2.05, 4.69) is 6.92 Å². The molecule has 0 fully saturated rings. The largest absolute Gasteiger partial charge is 0.490 e. The first kappa shape index (κ1) is 14.2. The lowest BCUT2D eigenvalue weighted by Crippen LogP contribution is -2.10. The Hall–Kier alpha value is -1.84. The van der Waals surface area contributed by atoms with Gasteiger partial charge in [0.15, 0.2) is 17.8 Å². The molecule has 1 rings (SSSR count). The first-order chi connectivity index (χ1) is 8.72. The molecule has 0 unspecified atom stereocenters. The van der Waals surface area contributed by atoms with Crippen molar-refractivity contribution in [1.29, 1.82) is 0 Å². The van der Waals surface area contributed by atoms with Gasteiger partial charge in [-0.2, -0.15) is 0 Å². The first-order valence-corrected chi connectivity index (χ1v) is 5.93. The van der Waals surface area contributed by atoms with E-state index in [0.29, 0.717) is 37.0 Å². The van der Waals surface area contributed by atoms with Crippen LogP contribution in [0.15, 0.2) is 18.2 Å². The average Bonchev–Trinajstić information content (AvgIpc) is 2.38. The highest BCUT2D eigenvalue weighted by Gasteiger charge is 2.14. The number of esters is 1. The zero-order chi connectivity index (χ0) is 13.4. The Bertz CT molecular complexity index is 412. The number of ether oxygens (including phenoxy) is 2. The van der Waals surface area contributed by atoms with Gasteiger partial charge in [0.2, 0.25) is 0 Å². The van der Waals surface area contributed by atoms with E-state index >= 15 is 0 Å². The van der Waals surface area contributed by atoms with Crippen LogP contribution in [0, 0.1) is 6.92 Å². The van der Waals surface area contributed by atoms with Gasteiger partial charge in [-0.05, 0) is 25.5 Å². The maximum absolute atomic E-state index is 11.6. The fraction of sp³-hybridized carbons (Fsp3) is 0.357. The highest BCUT2D eigenvalue weighted by atomic mass is 16.6. The monoisotopic (exact) mass is 249 g/mol. The Morgan fingerprint density at radius 1 is 1.44 bits per heavy atom. The van der Waals surface area contributed by atoms with Crippen molar-refractivity contribution in [2.75, 3.05) is 6.61 Å². The number of hydrogen-bond donors (Lipinski definition) is 0. The molecule has 0 aromatic heterocycles. The Kier molecular flexibility index (Phi) is 5.91. The predicted octanol–water partition coefficient (Wildman–Crippen LogP) is 2.81. The van der Waals surface area contributed by atoms with Crippen molar-refractivity contribution in [1.82, 2.24) is 0 Å². The van der Waals surface area contributed by atoms with Gasteiger partial charge in [-0.1, -0.05) is 19.4 Å². The van der Waals surface area contributed by atoms with Crippen molar-refractivity contribution in [2.45, 2.75) is 26.2 Å². The standard InChI is InChI=1S/C14H17O4/c1-3-5-9-13(16)18-14-11(10-15)7-6-8-12(14)17-4-2/h6-8,10H,1,3-5,9H2,2H3. The number of para-hydroxylation sites is 1. The minimum Gasteiger partial charge on any atom is -0.490 e. The van der Waals surface area contributed by atoms with Crippen LogP contribution in [0.25, 0.3) is 0 Å². The van der Waals surface area contributed by atoms with Gasteiger partial charge < -0.3 is 9.47 Å². The summed E-state index contributed by atoms with van der Waals surface area (Å²) in [6.07, 6.45) is 2.25. The number of rotatable bonds is 7. The number of aldehydes is 1. The molecule has 0 atom stereocenters. The minimum atomic E-state index is -0.381. The van der Waals surface area contributed by atoms with Gasteiger partial charge in [0, 0.05) is 6.42 Å². The summed E-state index contributed by atoms with van der Waals surface area (Å²) < 4.78 is 10.5. The second-order valence-corrected chi connectivity index (χ2v) is 3.66. The SMILES string of the molecule is [CH2]CCCC(=O)Oc1c(C=O)cccc1OCC. The van der Waals surface area contributed by atoms with Gasteiger partial charge in [0.1, 0.15) is 0 Å². The summed E-state index contributed by atoms with van der Waals surface area (Å²) in [6.45, 7) is 5.91. The second-order valence-electron chi connectivity index (χ2n) is 3.66. The highest BCUT2D eigenvalue weighted by Crippen LogP contribution is 2.30. The van der Waals surface area contributed by atoms with E-state index in [1.807, 2.05) is 6.92 Å². The molecule has 4 heteroatoms. The topological polar surface area (TPSA) is 52.6 Å². The lowest BCUT2D eigenvalue weighted by atomic mass is 10.2. The van der Waals surface area contributed by atoms with Gasteiger partial charge in [0.05, 0.1) is 12.2 Å². The molecule has 0 bridgehead atoms. The number of unbranched alkanes of at least 4 members (excludes halogenated alkanes) is 1. The maximum Gasteiger partial charge on any atom is 0.311 e. The normalized spacial score (nSPS) is 9.89. The van der Waals surface area contributed by atoms with Gasteiger partial charge in [-0.15, -0.1) is 0 Å². The highest BCUT2D eigenvalue weighted by molar-refractivity contribution is 5.84. The molecule has 4 nitrogen and oxygen atoms in total. The molecule has 1 aromatic carbocycles. The van der Waals surface area contributed by atoms with Gasteiger partial charge in [0.25, 0.3) is 0 Å². The molecule has 1 radical (unpaired) electrons. The van der Waals surface area contributed by atoms with Gasteiger partial charge in [-0.25, -0.2) is 0 Å². The molecule has 0 N–H and O–H groups in total. The third-order valence-electron chi connectivity index (χ3n) is 2.28. The van der Waals surface area contributed by atoms with Crippen molar-refractivity contribution >= 4 is 12.3 Å². The molecular formula is C14H17O4. The van der Waals surface area contributed by atoms with Crippen molar-refractivity contribution in [3.8, 4) is 11.5 Å². The van der Waals surface area contributed by atoms with Crippen molar-refractivity contribution in [3.63, 3.8) is 0 Å². The second kappa shape index (κ2) is 7.48. The number of benzene rings is 1. The smallest absolute Gasteiger partial charge is 0.311 e. The van der Waals surface area contributed by atoms with Crippen LogP contribution in [-0.2, 0) is 4.79 Å². The minimum absolute atomic E-state index is 0.198. The summed E-state index contributed by atoms with van der Waals surface area (Å²) in [5.41, 5.74) is 0.309. The van der Waals surface area contributed by atoms with E-state index in [-0.39, 0.29) is 18.1 Å². The van der Waals surface area contributed by atoms with E-state index in [9.17, 15) is 9.59 Å². The van der Waals surface area contributed by atoms with Crippen molar-refractivity contribution in [2.24, 2.45) is 0 Å². The molecule has 0 aliphatic rings. The fourth-order valence-electron chi connectivity index (χ4n) is 1.44. The molecule has 0 amide bonds. The predicted molar refractivity (Wildman–Crippen MR) is 67.8 cm³/mol. The summed E-state index contributed by atoms with van der Waals surface area (Å²) in [6, 6.07) is 4.93. The molecule has 0 aliphatic carbocycles. The Morgan fingerprint density at radius 2 is 2.22 bits per heavy atom. The van der Waals surface area contributed by atoms with Crippen LogP contribution < -0.4 is 9.47 Å². The van der Waals surface area contributed by atoms with Crippen molar-refractivity contribution < 1.29 is 19.1 Å². The molecule has 0 spiro atoms. The zero-order valence-corrected chi connectivity index (χ0v) is 10.5. The van der Waals surface area contributed by atoms with Crippen LogP contribution in [0.3, 0.4) is 0 Å². The van der Waals surface area contributed by atoms with Crippen LogP contribution in [0.4, 0.5) is 0 Å². The average molecular weight is 249 g/mol. The van der Waals surface area contributed by atoms with Crippen LogP contribution in [0.1, 0.15) is 36.5 Å². The third kappa shape index (κ3) is 3.87. The van der Waals surface area contributed by atoms with E-state index in [1.54, 1.807) is 18.2 Å². The summed E-state index contributed by atoms with van der Waals surface area (Å²) in [5.74, 6) is 0.224. The first-order valence-electron chi connectivity index (χ1n) is 5.93. The van der Waals surface area contributed by atoms with Crippen LogP contribution in [0.5, 0.6) is 11.5 Å². The van der Waals surface area contributed by atoms with Crippen LogP contribution >= 0.6 is 0 Å². The van der Waals surface area contributed by atoms with Gasteiger partial charge in [-0.3, -0.25) is 9.59 Å². The maximum atomic E-state index is 11.6. The lowest BCUT2D eigenvalue weighted by molar-refractivity contribution is -0.134. The molecular weight excluding hydrogens is 232 g/mol. The van der Waals surface area contributed by atoms with Crippen LogP contribution in [-0.4, -0.2) is 18.9 Å². The van der Waals surface area contributed by atoms with Gasteiger partial charge >= 0.3 is 5.97 Å². The zero-order valence-electron chi connectivity index (χ0n) is 10.5. The molecule has 1 aromatic rings. The number of carbonyl (C=O) groups is 2. The molecule has 0 saturated heterocycles. The number of carbonyl (C=O) groups excluding carboxylic acids is 2. The molecule has 0 aliphatic heterocycles. The molecule has 0 saturated carbocycles. The van der Waals surface area contributed by atoms with E-state index < -0.39 is 0 Å². The van der Waals surface area contributed by atoms with E-state index in [1.165, 1.54) is 0 Å². The Balaban J connectivity index is 2.89. The Morgan fingerprint density at radius 3 is 2.83 bits per heavy atom. The molecule has 0 heterocycles. The summed E-state index contributed by atoms with van der Waals surface area (Å²) in [7, 11) is 0. The summed E-state index contributed by atoms with van der Waals surface area (Å²) >= 11 is 0. The number of hydrogen-bond acceptors (Lipinski definition) is 4. The van der Waals surface area contributed by atoms with E-state index in [0.717, 1.165) is 0 Å². The summed E-state index contributed by atoms with van der Waals surface area (Å²) in [4.78, 5) is 22.5. The molecule has 18 heavy (non-hydrogen) atoms. The lowest BCUT2D eigenvalue weighted by Gasteiger charge is -2.12. The van der Waals surface area contributed by atoms with E-state index in [4.69, 9.17) is 9.47 Å². The Labute approximate surface area is 107 Å². The van der Waals surface area contributed by atoms with Crippen LogP contribution in [0.2, 0.25) is 0 Å². The third-order valence-corrected chi connectivity index (χ3v) is 2.28. The quantitative estimate of drug-likeness (QED) is 0.423. The molecule has 97 valence electrons. The van der Waals surface area contributed by atoms with Crippen molar-refractivity contribution in [3.05, 3.63) is 30.7 Å². The fourth-order valence-corrected chi connectivity index (χ4v) is 1.44.